The van der Waals surface area contributed by atoms with E-state index in [1.165, 1.54) is 56.5 Å². The van der Waals surface area contributed by atoms with Crippen LogP contribution < -0.4 is 10.9 Å². The summed E-state index contributed by atoms with van der Waals surface area (Å²) < 4.78 is 12.7. The molecule has 1 saturated carbocycles. The maximum atomic E-state index is 12.1. The van der Waals surface area contributed by atoms with E-state index in [-0.39, 0.29) is 6.99 Å². The first-order chi connectivity index (χ1) is 17.7. The van der Waals surface area contributed by atoms with Crippen molar-refractivity contribution in [1.29, 1.82) is 0 Å². The summed E-state index contributed by atoms with van der Waals surface area (Å²) in [6.07, 6.45) is 13.6. The second-order valence-electron chi connectivity index (χ2n) is 9.65. The molecule has 0 atom stereocenters. The summed E-state index contributed by atoms with van der Waals surface area (Å²) in [6.45, 7) is 7.80. The monoisotopic (exact) mass is 517 g/mol. The van der Waals surface area contributed by atoms with Crippen LogP contribution in [0.3, 0.4) is 0 Å². The Morgan fingerprint density at radius 1 is 1.06 bits per heavy atom. The Morgan fingerprint density at radius 2 is 1.81 bits per heavy atom. The number of hydrogen-bond acceptors (Lipinski definition) is 9. The first-order valence-corrected chi connectivity index (χ1v) is 14.1. The molecule has 198 valence electrons. The molecule has 36 heavy (non-hydrogen) atoms. The van der Waals surface area contributed by atoms with Crippen LogP contribution in [0.5, 0.6) is 0 Å². The van der Waals surface area contributed by atoms with E-state index >= 15 is 0 Å². The van der Waals surface area contributed by atoms with Crippen molar-refractivity contribution in [3.63, 3.8) is 0 Å². The Morgan fingerprint density at radius 3 is 2.56 bits per heavy atom. The molecule has 0 spiro atoms. The number of nitrogens with one attached hydrogen (secondary N) is 2. The van der Waals surface area contributed by atoms with Crippen LogP contribution in [0, 0.1) is 0 Å². The zero-order valence-electron chi connectivity index (χ0n) is 21.1. The summed E-state index contributed by atoms with van der Waals surface area (Å²) in [6, 6.07) is 1.25. The number of H-pyrrole nitrogens is 1. The zero-order valence-corrected chi connectivity index (χ0v) is 21.9. The third-order valence-corrected chi connectivity index (χ3v) is 8.28. The van der Waals surface area contributed by atoms with Crippen molar-refractivity contribution in [2.45, 2.75) is 70.4 Å². The van der Waals surface area contributed by atoms with Gasteiger partial charge in [0.15, 0.2) is 10.3 Å². The highest BCUT2D eigenvalue weighted by Crippen LogP contribution is 2.24. The van der Waals surface area contributed by atoms with Gasteiger partial charge in [0, 0.05) is 40.0 Å². The molecule has 0 aromatic carbocycles. The van der Waals surface area contributed by atoms with Gasteiger partial charge in [-0.05, 0) is 32.1 Å². The summed E-state index contributed by atoms with van der Waals surface area (Å²) in [5.41, 5.74) is 0.972. The van der Waals surface area contributed by atoms with Crippen molar-refractivity contribution in [1.82, 2.24) is 29.6 Å². The van der Waals surface area contributed by atoms with E-state index in [1.807, 2.05) is 17.8 Å². The second kappa shape index (κ2) is 12.3. The van der Waals surface area contributed by atoms with Gasteiger partial charge in [-0.2, -0.15) is 5.10 Å². The fourth-order valence-corrected chi connectivity index (χ4v) is 6.04. The van der Waals surface area contributed by atoms with Crippen molar-refractivity contribution < 1.29 is 10.9 Å². The first kappa shape index (κ1) is 25.3. The number of aromatic amines is 1. The Bertz CT molecular complexity index is 1150. The number of aryl methyl sites for hydroxylation is 1. The van der Waals surface area contributed by atoms with Gasteiger partial charge in [-0.1, -0.05) is 37.5 Å². The highest BCUT2D eigenvalue weighted by atomic mass is 32.1. The Labute approximate surface area is 216 Å². The second-order valence-corrected chi connectivity index (χ2v) is 10.7. The molecule has 1 aliphatic carbocycles. The predicted molar refractivity (Wildman–Crippen MR) is 143 cm³/mol. The summed E-state index contributed by atoms with van der Waals surface area (Å²) in [7, 11) is 0. The Hall–Kier alpha value is -2.34. The van der Waals surface area contributed by atoms with Gasteiger partial charge in [-0.15, -0.1) is 0 Å². The molecule has 3 aromatic heterocycles. The number of aromatic nitrogens is 5. The molecule has 6 rings (SSSR count). The van der Waals surface area contributed by atoms with Gasteiger partial charge in [0.25, 0.3) is 5.56 Å². The third-order valence-electron chi connectivity index (χ3n) is 7.18. The van der Waals surface area contributed by atoms with Gasteiger partial charge < -0.3 is 14.8 Å². The predicted octanol–water partition coefficient (Wildman–Crippen LogP) is 4.13. The van der Waals surface area contributed by atoms with Crippen molar-refractivity contribution >= 4 is 33.3 Å². The van der Waals surface area contributed by atoms with E-state index in [4.69, 9.17) is 9.47 Å². The molecule has 0 unspecified atom stereocenters. The molecular weight excluding hydrogens is 478 g/mol. The highest BCUT2D eigenvalue weighted by molar-refractivity contribution is 7.18. The van der Waals surface area contributed by atoms with E-state index < -0.39 is 0 Å². The molecule has 11 heteroatoms. The minimum Gasteiger partial charge on any atom is -0.381 e. The topological polar surface area (TPSA) is 110 Å². The third kappa shape index (κ3) is 6.31. The number of ether oxygens (including phenoxy) is 2. The molecule has 0 amide bonds. The number of nitrogens with zero attached hydrogens (tertiary/aromatic N) is 5. The molecule has 10 nitrogen and oxygen atoms in total. The number of morpholine rings is 1. The molecule has 2 saturated heterocycles. The minimum absolute atomic E-state index is 0. The fraction of sp³-hybridized carbons (Fsp3) is 0.680. The van der Waals surface area contributed by atoms with Gasteiger partial charge in [0.2, 0.25) is 5.95 Å². The fourth-order valence-electron chi connectivity index (χ4n) is 5.16. The van der Waals surface area contributed by atoms with Crippen LogP contribution in [0.1, 0.15) is 64.3 Å². The number of fused-ring (bicyclic) bond motifs is 1. The highest BCUT2D eigenvalue weighted by Gasteiger charge is 2.22. The van der Waals surface area contributed by atoms with Crippen LogP contribution in [0.2, 0.25) is 0 Å². The molecule has 2 aliphatic heterocycles. The summed E-state index contributed by atoms with van der Waals surface area (Å²) >= 11 is 1.45. The molecular formula is C25H39N7O3S. The number of rotatable bonds is 5. The Kier molecular flexibility index (Phi) is 8.63. The number of thiazole rings is 1. The number of anilines is 2. The van der Waals surface area contributed by atoms with E-state index in [2.05, 4.69) is 30.3 Å². The van der Waals surface area contributed by atoms with Crippen LogP contribution in [-0.4, -0.2) is 75.2 Å². The average Bonchev–Trinajstić information content (AvgIpc) is 3.58. The summed E-state index contributed by atoms with van der Waals surface area (Å²) in [5, 5.41) is 8.44. The molecule has 0 radical (unpaired) electrons. The van der Waals surface area contributed by atoms with E-state index in [1.54, 1.807) is 6.20 Å². The van der Waals surface area contributed by atoms with Gasteiger partial charge in [-0.3, -0.25) is 19.4 Å². The normalized spacial score (nSPS) is 20.2. The maximum absolute atomic E-state index is 12.1. The van der Waals surface area contributed by atoms with Crippen LogP contribution in [0.4, 0.5) is 11.6 Å². The summed E-state index contributed by atoms with van der Waals surface area (Å²) in [4.78, 5) is 26.9. The van der Waals surface area contributed by atoms with Crippen molar-refractivity contribution in [2.24, 2.45) is 0 Å². The van der Waals surface area contributed by atoms with Gasteiger partial charge >= 0.3 is 0 Å². The molecule has 0 bridgehead atoms. The van der Waals surface area contributed by atoms with Crippen LogP contribution in [-0.2, 0) is 15.9 Å². The number of hydrogen-bond donors (Lipinski definition) is 2. The molecule has 5 heterocycles. The smallest absolute Gasteiger partial charge is 0.279 e. The van der Waals surface area contributed by atoms with Crippen molar-refractivity contribution in [2.75, 3.05) is 44.8 Å². The van der Waals surface area contributed by atoms with E-state index in [0.717, 1.165) is 62.4 Å². The molecule has 3 aromatic rings. The Balaban J connectivity index is 0.000000208. The van der Waals surface area contributed by atoms with Crippen LogP contribution >= 0.6 is 11.3 Å². The SMILES string of the molecule is C1CCC(N2CCOCC2)CC1.CCc1nc2c(=O)[nH]c(Nc3cnn(C4CCOCC4)c3)nc2s1.[HH]. The van der Waals surface area contributed by atoms with Gasteiger partial charge in [0.1, 0.15) is 0 Å². The lowest BCUT2D eigenvalue weighted by molar-refractivity contribution is 0.00858. The lowest BCUT2D eigenvalue weighted by Crippen LogP contribution is -2.44. The molecule has 3 aliphatic rings. The van der Waals surface area contributed by atoms with Crippen molar-refractivity contribution in [3.05, 3.63) is 27.8 Å². The molecule has 3 fully saturated rings. The van der Waals surface area contributed by atoms with Gasteiger partial charge in [-0.25, -0.2) is 9.97 Å². The first-order valence-electron chi connectivity index (χ1n) is 13.3. The lowest BCUT2D eigenvalue weighted by Gasteiger charge is -2.36. The lowest BCUT2D eigenvalue weighted by atomic mass is 9.94. The molecule has 2 N–H and O–H groups in total. The van der Waals surface area contributed by atoms with Crippen LogP contribution in [0.25, 0.3) is 10.3 Å². The quantitative estimate of drug-likeness (QED) is 0.520. The zero-order chi connectivity index (χ0) is 24.7. The summed E-state index contributed by atoms with van der Waals surface area (Å²) in [5.74, 6) is 0.408. The van der Waals surface area contributed by atoms with Crippen LogP contribution in [0.15, 0.2) is 17.2 Å². The maximum Gasteiger partial charge on any atom is 0.279 e. The van der Waals surface area contributed by atoms with Gasteiger partial charge in [0.05, 0.1) is 36.1 Å². The standard InChI is InChI=1S/C15H18N6O2S.C10H19NO.H2/c1-2-11-18-12-13(22)19-15(20-14(12)24-11)17-9-7-16-21(8-9)10-3-5-23-6-4-10;1-2-4-10(5-3-1)11-6-8-12-9-7-11;/h7-8,10H,2-6H2,1H3,(H2,17,19,20,22);10H,1-9H2;1H. The van der Waals surface area contributed by atoms with Crippen molar-refractivity contribution in [3.8, 4) is 0 Å². The minimum atomic E-state index is -0.227. The van der Waals surface area contributed by atoms with E-state index in [0.29, 0.717) is 22.3 Å². The average molecular weight is 518 g/mol. The largest absolute Gasteiger partial charge is 0.381 e. The van der Waals surface area contributed by atoms with E-state index in [9.17, 15) is 4.79 Å².